The number of hydrogen-bond donors (Lipinski definition) is 1. The highest BCUT2D eigenvalue weighted by atomic mass is 32.2. The summed E-state index contributed by atoms with van der Waals surface area (Å²) in [4.78, 5) is 7.50. The summed E-state index contributed by atoms with van der Waals surface area (Å²) in [6, 6.07) is 5.49. The maximum Gasteiger partial charge on any atom is 0.260 e. The normalized spacial score (nSPS) is 19.8. The molecule has 1 atom stereocenters. The van der Waals surface area contributed by atoms with Crippen molar-refractivity contribution < 1.29 is 8.42 Å². The molecule has 1 unspecified atom stereocenters. The van der Waals surface area contributed by atoms with E-state index in [9.17, 15) is 8.42 Å². The molecule has 0 amide bonds. The highest BCUT2D eigenvalue weighted by molar-refractivity contribution is 7.89. The summed E-state index contributed by atoms with van der Waals surface area (Å²) in [6.07, 6.45) is 7.04. The largest absolute Gasteiger partial charge is 0.346 e. The number of H-pyrrole nitrogens is 1. The van der Waals surface area contributed by atoms with Crippen molar-refractivity contribution in [3.05, 3.63) is 42.4 Å². The van der Waals surface area contributed by atoms with Crippen LogP contribution >= 0.6 is 0 Å². The number of piperidine rings is 1. The number of aryl methyl sites for hydroxylation is 1. The van der Waals surface area contributed by atoms with Crippen LogP contribution in [0, 0.1) is 0 Å². The summed E-state index contributed by atoms with van der Waals surface area (Å²) in [5.74, 6) is 0.166. The number of fused-ring (bicyclic) bond motifs is 1. The lowest BCUT2D eigenvalue weighted by atomic mass is 9.92. The number of nitrogens with one attached hydrogen (secondary N) is 1. The predicted molar refractivity (Wildman–Crippen MR) is 90.0 cm³/mol. The fraction of sp³-hybridized carbons (Fsp3) is 0.375. The van der Waals surface area contributed by atoms with Gasteiger partial charge in [-0.2, -0.15) is 9.40 Å². The highest BCUT2D eigenvalue weighted by Gasteiger charge is 2.33. The molecule has 7 nitrogen and oxygen atoms in total. The minimum Gasteiger partial charge on any atom is -0.346 e. The Labute approximate surface area is 140 Å². The minimum atomic E-state index is -3.52. The predicted octanol–water partition coefficient (Wildman–Crippen LogP) is 1.86. The van der Waals surface area contributed by atoms with Gasteiger partial charge in [0.05, 0.1) is 6.20 Å². The first-order valence-electron chi connectivity index (χ1n) is 7.97. The average molecular weight is 345 g/mol. The maximum atomic E-state index is 12.9. The highest BCUT2D eigenvalue weighted by Crippen LogP contribution is 2.33. The molecule has 1 fully saturated rings. The Hall–Kier alpha value is -2.19. The molecule has 0 radical (unpaired) electrons. The minimum absolute atomic E-state index is 0.166. The van der Waals surface area contributed by atoms with Crippen LogP contribution in [0.25, 0.3) is 11.0 Å². The molecular weight excluding hydrogens is 326 g/mol. The van der Waals surface area contributed by atoms with Crippen LogP contribution in [-0.2, 0) is 17.1 Å². The second-order valence-electron chi connectivity index (χ2n) is 6.14. The summed E-state index contributed by atoms with van der Waals surface area (Å²) in [5.41, 5.74) is 1.99. The summed E-state index contributed by atoms with van der Waals surface area (Å²) < 4.78 is 28.8. The average Bonchev–Trinajstić information content (AvgIpc) is 3.21. The Bertz CT molecular complexity index is 975. The molecule has 126 valence electrons. The Morgan fingerprint density at radius 3 is 2.96 bits per heavy atom. The first-order chi connectivity index (χ1) is 11.6. The molecule has 0 aromatic carbocycles. The van der Waals surface area contributed by atoms with Crippen LogP contribution < -0.4 is 0 Å². The second kappa shape index (κ2) is 5.71. The zero-order valence-electron chi connectivity index (χ0n) is 13.4. The van der Waals surface area contributed by atoms with Crippen molar-refractivity contribution >= 4 is 21.1 Å². The van der Waals surface area contributed by atoms with Crippen LogP contribution in [0.5, 0.6) is 0 Å². The molecule has 1 saturated heterocycles. The second-order valence-corrected chi connectivity index (χ2v) is 8.02. The number of sulfonamides is 1. The zero-order valence-corrected chi connectivity index (χ0v) is 14.2. The quantitative estimate of drug-likeness (QED) is 0.785. The van der Waals surface area contributed by atoms with Gasteiger partial charge in [0.1, 0.15) is 5.65 Å². The maximum absolute atomic E-state index is 12.9. The van der Waals surface area contributed by atoms with E-state index < -0.39 is 10.0 Å². The van der Waals surface area contributed by atoms with E-state index in [1.165, 1.54) is 10.9 Å². The van der Waals surface area contributed by atoms with Gasteiger partial charge in [0.25, 0.3) is 10.0 Å². The van der Waals surface area contributed by atoms with Gasteiger partial charge in [0, 0.05) is 37.9 Å². The van der Waals surface area contributed by atoms with Crippen molar-refractivity contribution in [2.24, 2.45) is 7.05 Å². The standard InChI is InChI=1S/C16H19N5O2S/c1-20-15(6-8-19-20)24(22,23)21-9-3-4-12(11-21)14-10-18-16-13(14)5-2-7-17-16/h2,5-8,10,12H,3-4,9,11H2,1H3,(H,17,18). The molecule has 24 heavy (non-hydrogen) atoms. The molecule has 4 rings (SSSR count). The molecule has 1 N–H and O–H groups in total. The van der Waals surface area contributed by atoms with Crippen molar-refractivity contribution in [3.63, 3.8) is 0 Å². The third-order valence-electron chi connectivity index (χ3n) is 4.69. The molecule has 0 saturated carbocycles. The van der Waals surface area contributed by atoms with Crippen LogP contribution in [-0.4, -0.2) is 45.6 Å². The smallest absolute Gasteiger partial charge is 0.260 e. The van der Waals surface area contributed by atoms with E-state index in [0.29, 0.717) is 13.1 Å². The monoisotopic (exact) mass is 345 g/mol. The van der Waals surface area contributed by atoms with Crippen LogP contribution in [0.2, 0.25) is 0 Å². The van der Waals surface area contributed by atoms with E-state index in [0.717, 1.165) is 29.4 Å². The van der Waals surface area contributed by atoms with Gasteiger partial charge in [-0.15, -0.1) is 0 Å². The fourth-order valence-corrected chi connectivity index (χ4v) is 5.10. The van der Waals surface area contributed by atoms with E-state index in [4.69, 9.17) is 0 Å². The number of aromatic amines is 1. The van der Waals surface area contributed by atoms with Gasteiger partial charge in [-0.3, -0.25) is 4.68 Å². The van der Waals surface area contributed by atoms with Gasteiger partial charge in [0.15, 0.2) is 5.03 Å². The molecular formula is C16H19N5O2S. The Morgan fingerprint density at radius 2 is 2.17 bits per heavy atom. The lowest BCUT2D eigenvalue weighted by Crippen LogP contribution is -2.39. The first-order valence-corrected chi connectivity index (χ1v) is 9.41. The van der Waals surface area contributed by atoms with Crippen molar-refractivity contribution in [3.8, 4) is 0 Å². The van der Waals surface area contributed by atoms with Crippen LogP contribution in [0.3, 0.4) is 0 Å². The molecule has 3 aromatic heterocycles. The molecule has 3 aromatic rings. The zero-order chi connectivity index (χ0) is 16.7. The van der Waals surface area contributed by atoms with Crippen molar-refractivity contribution in [1.29, 1.82) is 0 Å². The number of aromatic nitrogens is 4. The van der Waals surface area contributed by atoms with Crippen LogP contribution in [0.1, 0.15) is 24.3 Å². The van der Waals surface area contributed by atoms with Gasteiger partial charge in [-0.25, -0.2) is 13.4 Å². The molecule has 1 aliphatic heterocycles. The van der Waals surface area contributed by atoms with Crippen molar-refractivity contribution in [1.82, 2.24) is 24.1 Å². The third kappa shape index (κ3) is 2.42. The van der Waals surface area contributed by atoms with Crippen molar-refractivity contribution in [2.75, 3.05) is 13.1 Å². The Balaban J connectivity index is 1.66. The number of hydrogen-bond acceptors (Lipinski definition) is 4. The topological polar surface area (TPSA) is 83.9 Å². The molecule has 0 spiro atoms. The third-order valence-corrected chi connectivity index (χ3v) is 6.63. The fourth-order valence-electron chi connectivity index (χ4n) is 3.48. The van der Waals surface area contributed by atoms with Crippen molar-refractivity contribution in [2.45, 2.75) is 23.8 Å². The number of nitrogens with zero attached hydrogens (tertiary/aromatic N) is 4. The Kier molecular flexibility index (Phi) is 3.65. The number of rotatable bonds is 3. The van der Waals surface area contributed by atoms with E-state index in [-0.39, 0.29) is 10.9 Å². The molecule has 0 bridgehead atoms. The van der Waals surface area contributed by atoms with E-state index in [1.54, 1.807) is 23.6 Å². The van der Waals surface area contributed by atoms with Gasteiger partial charge >= 0.3 is 0 Å². The first kappa shape index (κ1) is 15.3. The Morgan fingerprint density at radius 1 is 1.29 bits per heavy atom. The summed E-state index contributed by atoms with van der Waals surface area (Å²) in [7, 11) is -1.87. The van der Waals surface area contributed by atoms with Gasteiger partial charge in [-0.05, 0) is 42.5 Å². The van der Waals surface area contributed by atoms with Crippen LogP contribution in [0.15, 0.2) is 41.8 Å². The number of pyridine rings is 1. The molecule has 4 heterocycles. The van der Waals surface area contributed by atoms with E-state index in [2.05, 4.69) is 15.1 Å². The molecule has 0 aliphatic carbocycles. The van der Waals surface area contributed by atoms with E-state index in [1.807, 2.05) is 18.3 Å². The van der Waals surface area contributed by atoms with Gasteiger partial charge in [0.2, 0.25) is 0 Å². The van der Waals surface area contributed by atoms with Crippen LogP contribution in [0.4, 0.5) is 0 Å². The summed E-state index contributed by atoms with van der Waals surface area (Å²) >= 11 is 0. The molecule has 8 heteroatoms. The van der Waals surface area contributed by atoms with E-state index >= 15 is 0 Å². The van der Waals surface area contributed by atoms with Gasteiger partial charge in [-0.1, -0.05) is 0 Å². The lowest BCUT2D eigenvalue weighted by Gasteiger charge is -2.31. The summed E-state index contributed by atoms with van der Waals surface area (Å²) in [6.45, 7) is 1.03. The van der Waals surface area contributed by atoms with Gasteiger partial charge < -0.3 is 4.98 Å². The summed E-state index contributed by atoms with van der Waals surface area (Å²) in [5, 5.41) is 5.30. The SMILES string of the molecule is Cn1nccc1S(=O)(=O)N1CCCC(c2c[nH]c3ncccc23)C1. The lowest BCUT2D eigenvalue weighted by molar-refractivity contribution is 0.314. The molecule has 1 aliphatic rings.